The van der Waals surface area contributed by atoms with Crippen molar-refractivity contribution in [2.24, 2.45) is 11.5 Å². The number of nitrogens with two attached hydrogens (primary N) is 2. The molecule has 2 fully saturated rings. The van der Waals surface area contributed by atoms with Gasteiger partial charge in [-0.25, -0.2) is 4.79 Å². The molecular weight excluding hydrogens is 282 g/mol. The van der Waals surface area contributed by atoms with Crippen LogP contribution >= 0.6 is 11.8 Å². The molecule has 8 N–H and O–H groups in total. The summed E-state index contributed by atoms with van der Waals surface area (Å²) in [5.41, 5.74) is 8.94. The summed E-state index contributed by atoms with van der Waals surface area (Å²) in [5.74, 6) is -0.0970. The first-order valence-electron chi connectivity index (χ1n) is 6.40. The molecule has 2 saturated heterocycles. The van der Waals surface area contributed by atoms with E-state index in [1.165, 1.54) is 0 Å². The largest absolute Gasteiger partial charge is 0.481 e. The van der Waals surface area contributed by atoms with Crippen LogP contribution in [0.3, 0.4) is 0 Å². The highest BCUT2D eigenvalue weighted by molar-refractivity contribution is 8.00. The Balaban J connectivity index is 0.000000444. The Bertz CT molecular complexity index is 375. The minimum Gasteiger partial charge on any atom is -0.481 e. The van der Waals surface area contributed by atoms with Gasteiger partial charge < -0.3 is 27.2 Å². The highest BCUT2D eigenvalue weighted by Crippen LogP contribution is 2.33. The Kier molecular flexibility index (Phi) is 6.43. The normalized spacial score (nSPS) is 26.8. The van der Waals surface area contributed by atoms with E-state index in [0.717, 1.165) is 25.0 Å². The zero-order chi connectivity index (χ0) is 15.1. The topological polar surface area (TPSA) is 154 Å². The van der Waals surface area contributed by atoms with Gasteiger partial charge in [0.2, 0.25) is 0 Å². The van der Waals surface area contributed by atoms with Crippen LogP contribution in [0.1, 0.15) is 25.7 Å². The number of hydrogen-bond acceptors (Lipinski definition) is 4. The van der Waals surface area contributed by atoms with Gasteiger partial charge in [-0.3, -0.25) is 10.2 Å². The second-order valence-electron chi connectivity index (χ2n) is 4.72. The van der Waals surface area contributed by atoms with Crippen LogP contribution in [0.2, 0.25) is 0 Å². The van der Waals surface area contributed by atoms with E-state index in [0.29, 0.717) is 5.25 Å². The SMILES string of the molecule is N=C(N)N.O=C(O)CCCC[C@@H]1SC[C@@H]2NC(=O)N[C@@H]21. The van der Waals surface area contributed by atoms with Crippen molar-refractivity contribution < 1.29 is 14.7 Å². The van der Waals surface area contributed by atoms with Gasteiger partial charge in [-0.1, -0.05) is 6.42 Å². The second kappa shape index (κ2) is 7.83. The molecule has 8 nitrogen and oxygen atoms in total. The summed E-state index contributed by atoms with van der Waals surface area (Å²) in [6, 6.07) is 0.440. The van der Waals surface area contributed by atoms with E-state index in [2.05, 4.69) is 22.1 Å². The molecule has 2 aliphatic rings. The van der Waals surface area contributed by atoms with Crippen LogP contribution in [0.25, 0.3) is 0 Å². The molecule has 0 aromatic heterocycles. The highest BCUT2D eigenvalue weighted by atomic mass is 32.2. The number of guanidine groups is 1. The summed E-state index contributed by atoms with van der Waals surface area (Å²) in [7, 11) is 0. The Morgan fingerprint density at radius 3 is 2.65 bits per heavy atom. The average molecular weight is 303 g/mol. The van der Waals surface area contributed by atoms with E-state index in [1.54, 1.807) is 0 Å². The van der Waals surface area contributed by atoms with Crippen LogP contribution in [0.15, 0.2) is 0 Å². The van der Waals surface area contributed by atoms with E-state index in [9.17, 15) is 9.59 Å². The molecule has 2 heterocycles. The molecule has 0 aliphatic carbocycles. The fourth-order valence-electron chi connectivity index (χ4n) is 2.26. The highest BCUT2D eigenvalue weighted by Gasteiger charge is 2.42. The lowest BCUT2D eigenvalue weighted by atomic mass is 10.0. The lowest BCUT2D eigenvalue weighted by Gasteiger charge is -2.16. The van der Waals surface area contributed by atoms with Crippen LogP contribution < -0.4 is 22.1 Å². The molecule has 0 radical (unpaired) electrons. The summed E-state index contributed by atoms with van der Waals surface area (Å²) in [5, 5.41) is 20.8. The summed E-state index contributed by atoms with van der Waals surface area (Å²) in [6.07, 6.45) is 2.88. The fourth-order valence-corrected chi connectivity index (χ4v) is 3.81. The molecule has 0 saturated carbocycles. The monoisotopic (exact) mass is 303 g/mol. The first-order chi connectivity index (χ1) is 9.40. The molecule has 0 spiro atoms. The standard InChI is InChI=1S/C10H16N2O3S.CH5N3/c13-8(14)4-2-1-3-7-9-6(5-16-7)11-10(15)12-9;2-1(3)4/h6-7,9H,1-5H2,(H,13,14)(H2,11,12,15);(H5,2,3,4)/t6-,7-,9-;/m0./s1. The van der Waals surface area contributed by atoms with Crippen molar-refractivity contribution in [3.05, 3.63) is 0 Å². The van der Waals surface area contributed by atoms with Gasteiger partial charge >= 0.3 is 12.0 Å². The molecule has 3 atom stereocenters. The molecule has 2 amide bonds. The van der Waals surface area contributed by atoms with Crippen molar-refractivity contribution in [1.82, 2.24) is 10.6 Å². The lowest BCUT2D eigenvalue weighted by molar-refractivity contribution is -0.137. The van der Waals surface area contributed by atoms with Gasteiger partial charge in [0, 0.05) is 17.4 Å². The Morgan fingerprint density at radius 2 is 2.05 bits per heavy atom. The summed E-state index contributed by atoms with van der Waals surface area (Å²) in [6.45, 7) is 0. The third kappa shape index (κ3) is 5.55. The molecule has 2 aliphatic heterocycles. The Hall–Kier alpha value is -1.64. The maximum atomic E-state index is 11.1. The first kappa shape index (κ1) is 16.4. The molecular formula is C11H21N5O3S. The number of nitrogens with one attached hydrogen (secondary N) is 3. The Labute approximate surface area is 121 Å². The molecule has 114 valence electrons. The molecule has 0 bridgehead atoms. The van der Waals surface area contributed by atoms with Crippen LogP contribution in [0, 0.1) is 5.41 Å². The van der Waals surface area contributed by atoms with Crippen molar-refractivity contribution in [3.63, 3.8) is 0 Å². The zero-order valence-corrected chi connectivity index (χ0v) is 11.9. The molecule has 9 heteroatoms. The first-order valence-corrected chi connectivity index (χ1v) is 7.45. The number of thioether (sulfide) groups is 1. The smallest absolute Gasteiger partial charge is 0.315 e. The predicted octanol–water partition coefficient (Wildman–Crippen LogP) is -0.365. The van der Waals surface area contributed by atoms with Gasteiger partial charge in [-0.15, -0.1) is 0 Å². The van der Waals surface area contributed by atoms with Crippen LogP contribution in [-0.2, 0) is 4.79 Å². The summed E-state index contributed by atoms with van der Waals surface area (Å²) >= 11 is 1.87. The number of fused-ring (bicyclic) bond motifs is 1. The number of rotatable bonds is 5. The minimum atomic E-state index is -0.729. The van der Waals surface area contributed by atoms with Crippen LogP contribution in [-0.4, -0.2) is 46.2 Å². The predicted molar refractivity (Wildman–Crippen MR) is 77.7 cm³/mol. The quantitative estimate of drug-likeness (QED) is 0.176. The number of carboxylic acids is 1. The van der Waals surface area contributed by atoms with Gasteiger partial charge in [0.05, 0.1) is 12.1 Å². The van der Waals surface area contributed by atoms with E-state index >= 15 is 0 Å². The third-order valence-corrected chi connectivity index (χ3v) is 4.58. The maximum Gasteiger partial charge on any atom is 0.315 e. The van der Waals surface area contributed by atoms with E-state index in [4.69, 9.17) is 10.5 Å². The zero-order valence-electron chi connectivity index (χ0n) is 11.1. The number of aliphatic carboxylic acids is 1. The number of unbranched alkanes of at least 4 members (excludes halogenated alkanes) is 1. The van der Waals surface area contributed by atoms with E-state index < -0.39 is 5.97 Å². The molecule has 0 unspecified atom stereocenters. The van der Waals surface area contributed by atoms with Crippen LogP contribution in [0.4, 0.5) is 4.79 Å². The molecule has 0 aromatic carbocycles. The molecule has 2 rings (SSSR count). The number of carbonyl (C=O) groups is 2. The van der Waals surface area contributed by atoms with Crippen molar-refractivity contribution in [3.8, 4) is 0 Å². The van der Waals surface area contributed by atoms with E-state index in [-0.39, 0.29) is 30.5 Å². The van der Waals surface area contributed by atoms with Crippen molar-refractivity contribution in [1.29, 1.82) is 5.41 Å². The maximum absolute atomic E-state index is 11.1. The second-order valence-corrected chi connectivity index (χ2v) is 5.99. The van der Waals surface area contributed by atoms with Crippen LogP contribution in [0.5, 0.6) is 0 Å². The van der Waals surface area contributed by atoms with Crippen molar-refractivity contribution in [2.45, 2.75) is 43.0 Å². The summed E-state index contributed by atoms with van der Waals surface area (Å²) < 4.78 is 0. The Morgan fingerprint density at radius 1 is 1.40 bits per heavy atom. The summed E-state index contributed by atoms with van der Waals surface area (Å²) in [4.78, 5) is 21.5. The number of carboxylic acid groups (broad SMARTS) is 1. The minimum absolute atomic E-state index is 0.0640. The van der Waals surface area contributed by atoms with Gasteiger partial charge in [0.25, 0.3) is 0 Å². The molecule has 20 heavy (non-hydrogen) atoms. The number of hydrogen-bond donors (Lipinski definition) is 6. The van der Waals surface area contributed by atoms with E-state index in [1.807, 2.05) is 11.8 Å². The lowest BCUT2D eigenvalue weighted by Crippen LogP contribution is -2.36. The third-order valence-electron chi connectivity index (χ3n) is 3.07. The van der Waals surface area contributed by atoms with Crippen molar-refractivity contribution >= 4 is 29.7 Å². The van der Waals surface area contributed by atoms with Gasteiger partial charge in [0.15, 0.2) is 5.96 Å². The average Bonchev–Trinajstić information content (AvgIpc) is 2.83. The van der Waals surface area contributed by atoms with Crippen molar-refractivity contribution in [2.75, 3.05) is 5.75 Å². The number of carbonyl (C=O) groups excluding carboxylic acids is 1. The fraction of sp³-hybridized carbons (Fsp3) is 0.727. The molecule has 0 aromatic rings. The van der Waals surface area contributed by atoms with Gasteiger partial charge in [-0.2, -0.15) is 11.8 Å². The van der Waals surface area contributed by atoms with Gasteiger partial charge in [0.1, 0.15) is 0 Å². The number of amides is 2. The number of urea groups is 1. The van der Waals surface area contributed by atoms with Gasteiger partial charge in [-0.05, 0) is 12.8 Å².